The fourth-order valence-corrected chi connectivity index (χ4v) is 5.29. The van der Waals surface area contributed by atoms with Gasteiger partial charge in [0.05, 0.1) is 34.9 Å². The lowest BCUT2D eigenvalue weighted by Gasteiger charge is -2.24. The zero-order valence-corrected chi connectivity index (χ0v) is 25.4. The molecule has 0 fully saturated rings. The van der Waals surface area contributed by atoms with E-state index in [1.165, 1.54) is 6.08 Å². The van der Waals surface area contributed by atoms with Gasteiger partial charge in [0.25, 0.3) is 5.56 Å². The lowest BCUT2D eigenvalue weighted by atomic mass is 10.1. The molecule has 0 amide bonds. The molecule has 0 spiro atoms. The number of carbonyl (C=O) groups is 1. The van der Waals surface area contributed by atoms with Crippen LogP contribution in [0.3, 0.4) is 0 Å². The number of anilines is 1. The number of ether oxygens (including phenoxy) is 1. The Hall–Kier alpha value is -5.05. The zero-order valence-electron chi connectivity index (χ0n) is 25.4. The van der Waals surface area contributed by atoms with Crippen LogP contribution in [0.1, 0.15) is 60.3 Å². The summed E-state index contributed by atoms with van der Waals surface area (Å²) in [5, 5.41) is 4.16. The normalized spacial score (nSPS) is 12.1. The standard InChI is InChI=1S/C34H36N6O3/c1-7-27(32-37-28-16-12-13-21(3)30(28)33(42)40(32)25-14-10-9-11-15-25)36-31-26(19-20-29(41)43-8-2)24(6)35-34(38-31)39-22(4)17-18-23(39)5/h9-20,27H,7-8H2,1-6H3,(H,35,36,38). The van der Waals surface area contributed by atoms with Crippen molar-refractivity contribution in [3.63, 3.8) is 0 Å². The number of hydrogen-bond donors (Lipinski definition) is 1. The highest BCUT2D eigenvalue weighted by molar-refractivity contribution is 5.88. The maximum Gasteiger partial charge on any atom is 0.330 e. The van der Waals surface area contributed by atoms with E-state index in [2.05, 4.69) is 5.32 Å². The summed E-state index contributed by atoms with van der Waals surface area (Å²) < 4.78 is 8.78. The Morgan fingerprint density at radius 2 is 1.63 bits per heavy atom. The van der Waals surface area contributed by atoms with E-state index in [1.807, 2.05) is 99.8 Å². The number of aromatic nitrogens is 5. The summed E-state index contributed by atoms with van der Waals surface area (Å²) in [7, 11) is 0. The van der Waals surface area contributed by atoms with Gasteiger partial charge in [0, 0.05) is 23.0 Å². The first-order chi connectivity index (χ1) is 20.7. The van der Waals surface area contributed by atoms with Crippen LogP contribution in [-0.2, 0) is 9.53 Å². The minimum absolute atomic E-state index is 0.134. The van der Waals surface area contributed by atoms with Gasteiger partial charge in [0.1, 0.15) is 11.6 Å². The monoisotopic (exact) mass is 576 g/mol. The first-order valence-electron chi connectivity index (χ1n) is 14.5. The fourth-order valence-electron chi connectivity index (χ4n) is 5.29. The Labute approximate surface area is 250 Å². The Morgan fingerprint density at radius 3 is 2.30 bits per heavy atom. The molecule has 1 unspecified atom stereocenters. The van der Waals surface area contributed by atoms with Gasteiger partial charge in [-0.25, -0.2) is 14.8 Å². The summed E-state index contributed by atoms with van der Waals surface area (Å²) >= 11 is 0. The van der Waals surface area contributed by atoms with E-state index in [9.17, 15) is 9.59 Å². The van der Waals surface area contributed by atoms with E-state index in [0.29, 0.717) is 46.2 Å². The average molecular weight is 577 g/mol. The number of rotatable bonds is 9. The number of nitrogens with one attached hydrogen (secondary N) is 1. The Balaban J connectivity index is 1.71. The number of hydrogen-bond acceptors (Lipinski definition) is 7. The van der Waals surface area contributed by atoms with Crippen LogP contribution in [0.25, 0.3) is 28.6 Å². The second-order valence-electron chi connectivity index (χ2n) is 10.4. The van der Waals surface area contributed by atoms with Crippen LogP contribution in [0.5, 0.6) is 0 Å². The maximum absolute atomic E-state index is 14.1. The Morgan fingerprint density at radius 1 is 0.907 bits per heavy atom. The highest BCUT2D eigenvalue weighted by atomic mass is 16.5. The smallest absolute Gasteiger partial charge is 0.330 e. The van der Waals surface area contributed by atoms with Crippen molar-refractivity contribution in [3.8, 4) is 11.6 Å². The largest absolute Gasteiger partial charge is 0.463 e. The Kier molecular flexibility index (Phi) is 8.52. The fraction of sp³-hybridized carbons (Fsp3) is 0.265. The number of para-hydroxylation sites is 1. The van der Waals surface area contributed by atoms with Gasteiger partial charge in [0.15, 0.2) is 0 Å². The van der Waals surface area contributed by atoms with Crippen molar-refractivity contribution < 1.29 is 9.53 Å². The van der Waals surface area contributed by atoms with E-state index < -0.39 is 12.0 Å². The van der Waals surface area contributed by atoms with E-state index in [0.717, 1.165) is 22.6 Å². The lowest BCUT2D eigenvalue weighted by molar-refractivity contribution is -0.137. The molecule has 0 aliphatic carbocycles. The van der Waals surface area contributed by atoms with E-state index >= 15 is 0 Å². The number of aryl methyl sites for hydroxylation is 4. The second-order valence-corrected chi connectivity index (χ2v) is 10.4. The van der Waals surface area contributed by atoms with Crippen molar-refractivity contribution in [2.45, 2.75) is 54.0 Å². The third kappa shape index (κ3) is 5.83. The van der Waals surface area contributed by atoms with Crippen LogP contribution in [0.15, 0.2) is 71.5 Å². The van der Waals surface area contributed by atoms with Gasteiger partial charge < -0.3 is 10.1 Å². The molecule has 3 aromatic heterocycles. The van der Waals surface area contributed by atoms with Crippen LogP contribution in [-0.4, -0.2) is 36.7 Å². The molecular formula is C34H36N6O3. The van der Waals surface area contributed by atoms with Crippen molar-refractivity contribution >= 4 is 28.8 Å². The number of esters is 1. The zero-order chi connectivity index (χ0) is 30.7. The molecule has 2 aromatic carbocycles. The summed E-state index contributed by atoms with van der Waals surface area (Å²) in [6.07, 6.45) is 3.64. The molecule has 0 aliphatic rings. The van der Waals surface area contributed by atoms with Crippen molar-refractivity contribution in [1.29, 1.82) is 0 Å². The van der Waals surface area contributed by atoms with Crippen LogP contribution in [0.4, 0.5) is 5.82 Å². The predicted molar refractivity (Wildman–Crippen MR) is 170 cm³/mol. The number of nitrogens with zero attached hydrogens (tertiary/aromatic N) is 5. The number of benzene rings is 2. The number of carbonyl (C=O) groups excluding carboxylic acids is 1. The predicted octanol–water partition coefficient (Wildman–Crippen LogP) is 6.34. The first-order valence-corrected chi connectivity index (χ1v) is 14.5. The molecule has 3 heterocycles. The minimum atomic E-state index is -0.453. The Bertz CT molecular complexity index is 1870. The van der Waals surface area contributed by atoms with Crippen LogP contribution < -0.4 is 10.9 Å². The van der Waals surface area contributed by atoms with Crippen LogP contribution in [0.2, 0.25) is 0 Å². The van der Waals surface area contributed by atoms with Crippen LogP contribution in [0, 0.1) is 27.7 Å². The topological polar surface area (TPSA) is 104 Å². The van der Waals surface area contributed by atoms with Crippen molar-refractivity contribution in [2.75, 3.05) is 11.9 Å². The molecule has 0 saturated carbocycles. The highest BCUT2D eigenvalue weighted by Gasteiger charge is 2.23. The second kappa shape index (κ2) is 12.4. The van der Waals surface area contributed by atoms with E-state index in [-0.39, 0.29) is 12.2 Å². The highest BCUT2D eigenvalue weighted by Crippen LogP contribution is 2.29. The summed E-state index contributed by atoms with van der Waals surface area (Å²) in [5.41, 5.74) is 5.40. The molecule has 0 radical (unpaired) electrons. The summed E-state index contributed by atoms with van der Waals surface area (Å²) in [4.78, 5) is 41.1. The van der Waals surface area contributed by atoms with Gasteiger partial charge in [-0.3, -0.25) is 13.9 Å². The molecule has 5 aromatic rings. The van der Waals surface area contributed by atoms with E-state index in [1.54, 1.807) is 17.6 Å². The average Bonchev–Trinajstić information content (AvgIpc) is 3.33. The third-order valence-electron chi connectivity index (χ3n) is 7.45. The van der Waals surface area contributed by atoms with Gasteiger partial charge in [-0.1, -0.05) is 37.3 Å². The molecular weight excluding hydrogens is 540 g/mol. The quantitative estimate of drug-likeness (QED) is 0.161. The van der Waals surface area contributed by atoms with Gasteiger partial charge in [-0.05, 0) is 83.0 Å². The van der Waals surface area contributed by atoms with Crippen molar-refractivity contribution in [3.05, 3.63) is 111 Å². The maximum atomic E-state index is 14.1. The van der Waals surface area contributed by atoms with Crippen molar-refractivity contribution in [2.24, 2.45) is 0 Å². The molecule has 220 valence electrons. The summed E-state index contributed by atoms with van der Waals surface area (Å²) in [5.74, 6) is 1.13. The molecule has 9 heteroatoms. The van der Waals surface area contributed by atoms with Crippen LogP contribution >= 0.6 is 0 Å². The van der Waals surface area contributed by atoms with Crippen molar-refractivity contribution in [1.82, 2.24) is 24.1 Å². The molecule has 0 bridgehead atoms. The minimum Gasteiger partial charge on any atom is -0.463 e. The first kappa shape index (κ1) is 29.4. The summed E-state index contributed by atoms with van der Waals surface area (Å²) in [6, 6.07) is 18.9. The SMILES string of the molecule is CCOC(=O)C=Cc1c(C)nc(-n2c(C)ccc2C)nc1NC(CC)c1nc2cccc(C)c2c(=O)n1-c1ccccc1. The molecule has 0 aliphatic heterocycles. The third-order valence-corrected chi connectivity index (χ3v) is 7.45. The molecule has 1 atom stereocenters. The van der Waals surface area contributed by atoms with Gasteiger partial charge >= 0.3 is 5.97 Å². The van der Waals surface area contributed by atoms with Gasteiger partial charge in [0.2, 0.25) is 5.95 Å². The molecule has 1 N–H and O–H groups in total. The lowest BCUT2D eigenvalue weighted by Crippen LogP contribution is -2.29. The molecule has 5 rings (SSSR count). The number of fused-ring (bicyclic) bond motifs is 1. The van der Waals surface area contributed by atoms with Gasteiger partial charge in [-0.2, -0.15) is 4.98 Å². The molecule has 9 nitrogen and oxygen atoms in total. The van der Waals surface area contributed by atoms with E-state index in [4.69, 9.17) is 19.7 Å². The van der Waals surface area contributed by atoms with Gasteiger partial charge in [-0.15, -0.1) is 0 Å². The molecule has 0 saturated heterocycles. The summed E-state index contributed by atoms with van der Waals surface area (Å²) in [6.45, 7) is 11.9. The molecule has 43 heavy (non-hydrogen) atoms.